The molecule has 0 fully saturated rings. The Balaban J connectivity index is 2.95. The molecular weight excluding hydrogens is 246 g/mol. The molecule has 1 aromatic rings. The Labute approximate surface area is 111 Å². The summed E-state index contributed by atoms with van der Waals surface area (Å²) in [5.41, 5.74) is 0.717. The zero-order valence-electron chi connectivity index (χ0n) is 11.4. The van der Waals surface area contributed by atoms with E-state index < -0.39 is 13.4 Å². The van der Waals surface area contributed by atoms with Crippen molar-refractivity contribution in [2.24, 2.45) is 0 Å². The third-order valence-corrected chi connectivity index (χ3v) is 4.67. The molecule has 1 N–H and O–H groups in total. The van der Waals surface area contributed by atoms with Gasteiger partial charge < -0.3 is 5.11 Å². The molecule has 0 aliphatic heterocycles. The van der Waals surface area contributed by atoms with Gasteiger partial charge in [-0.25, -0.2) is 9.05 Å². The van der Waals surface area contributed by atoms with E-state index in [1.165, 1.54) is 0 Å². The molecule has 2 radical (unpaired) electrons. The smallest absolute Gasteiger partial charge is 0.353 e. The number of rotatable bonds is 6. The molecular formula is C13H21BO3P+. The van der Waals surface area contributed by atoms with Crippen LogP contribution in [0.5, 0.6) is 0 Å². The minimum atomic E-state index is -2.84. The zero-order chi connectivity index (χ0) is 13.8. The van der Waals surface area contributed by atoms with Crippen molar-refractivity contribution in [3.63, 3.8) is 0 Å². The first-order chi connectivity index (χ1) is 8.35. The normalized spacial score (nSPS) is 14.2. The van der Waals surface area contributed by atoms with Crippen molar-refractivity contribution < 1.29 is 14.2 Å². The molecule has 5 heteroatoms. The van der Waals surface area contributed by atoms with E-state index in [1.807, 2.05) is 58.0 Å². The van der Waals surface area contributed by atoms with Gasteiger partial charge in [0.2, 0.25) is 13.4 Å². The minimum Gasteiger partial charge on any atom is -0.353 e. The molecule has 1 aromatic carbocycles. The zero-order valence-corrected chi connectivity index (χ0v) is 12.3. The monoisotopic (exact) mass is 267 g/mol. The molecule has 0 saturated heterocycles. The lowest BCUT2D eigenvalue weighted by Crippen LogP contribution is -2.18. The summed E-state index contributed by atoms with van der Waals surface area (Å²) in [6.45, 7) is 7.51. The van der Waals surface area contributed by atoms with Crippen LogP contribution in [0.1, 0.15) is 39.1 Å². The lowest BCUT2D eigenvalue weighted by Gasteiger charge is -2.28. The summed E-state index contributed by atoms with van der Waals surface area (Å²) in [6, 6.07) is 9.24. The molecule has 0 heterocycles. The Kier molecular flexibility index (Phi) is 5.80. The standard InChI is InChI=1S/C13H21BO3P/c1-10(2)16-18(14,17-11(3)4)13(15)12-8-6-5-7-9-12/h5-11,13,15H,1-4H3/q+1. The maximum Gasteiger partial charge on any atom is 0.448 e. The van der Waals surface area contributed by atoms with Crippen LogP contribution in [-0.4, -0.2) is 24.9 Å². The largest absolute Gasteiger partial charge is 0.448 e. The molecule has 98 valence electrons. The highest BCUT2D eigenvalue weighted by molar-refractivity contribution is 7.89. The van der Waals surface area contributed by atoms with E-state index in [0.29, 0.717) is 0 Å². The Morgan fingerprint density at radius 1 is 1.00 bits per heavy atom. The number of aliphatic hydroxyl groups is 1. The average molecular weight is 267 g/mol. The number of aliphatic hydroxyl groups excluding tert-OH is 1. The van der Waals surface area contributed by atoms with Crippen molar-refractivity contribution in [1.29, 1.82) is 0 Å². The van der Waals surface area contributed by atoms with Gasteiger partial charge in [0.15, 0.2) is 0 Å². The van der Waals surface area contributed by atoms with Crippen molar-refractivity contribution in [3.05, 3.63) is 35.9 Å². The first-order valence-corrected chi connectivity index (χ1v) is 7.88. The van der Waals surface area contributed by atoms with E-state index in [0.717, 1.165) is 5.56 Å². The summed E-state index contributed by atoms with van der Waals surface area (Å²) in [6.07, 6.45) is -0.194. The number of hydrogen-bond acceptors (Lipinski definition) is 3. The maximum atomic E-state index is 10.4. The summed E-state index contributed by atoms with van der Waals surface area (Å²) >= 11 is 0. The summed E-state index contributed by atoms with van der Waals surface area (Å²) in [5, 5.41) is 10.4. The lowest BCUT2D eigenvalue weighted by atomic mass is 10.2. The van der Waals surface area contributed by atoms with Crippen molar-refractivity contribution in [3.8, 4) is 0 Å². The van der Waals surface area contributed by atoms with Gasteiger partial charge in [-0.1, -0.05) is 30.3 Å². The van der Waals surface area contributed by atoms with Crippen molar-refractivity contribution in [2.75, 3.05) is 0 Å². The third-order valence-electron chi connectivity index (χ3n) is 2.19. The summed E-state index contributed by atoms with van der Waals surface area (Å²) in [5.74, 6) is -0.927. The molecule has 0 bridgehead atoms. The van der Waals surface area contributed by atoms with Crippen LogP contribution in [0.25, 0.3) is 0 Å². The molecule has 3 nitrogen and oxygen atoms in total. The van der Waals surface area contributed by atoms with Gasteiger partial charge in [0.1, 0.15) is 0 Å². The van der Waals surface area contributed by atoms with Crippen molar-refractivity contribution in [2.45, 2.75) is 45.7 Å². The maximum absolute atomic E-state index is 10.4. The third kappa shape index (κ3) is 4.36. The molecule has 1 atom stereocenters. The molecule has 0 amide bonds. The average Bonchev–Trinajstić information content (AvgIpc) is 2.27. The number of hydrogen-bond donors (Lipinski definition) is 1. The second kappa shape index (κ2) is 6.67. The topological polar surface area (TPSA) is 38.7 Å². The van der Waals surface area contributed by atoms with Gasteiger partial charge in [0.25, 0.3) is 0 Å². The van der Waals surface area contributed by atoms with Gasteiger partial charge in [-0.2, -0.15) is 0 Å². The predicted molar refractivity (Wildman–Crippen MR) is 76.5 cm³/mol. The summed E-state index contributed by atoms with van der Waals surface area (Å²) in [4.78, 5) is 0. The highest BCUT2D eigenvalue weighted by Crippen LogP contribution is 2.67. The minimum absolute atomic E-state index is 0.0968. The van der Waals surface area contributed by atoms with Gasteiger partial charge in [-0.05, 0) is 27.7 Å². The Morgan fingerprint density at radius 3 is 1.83 bits per heavy atom. The van der Waals surface area contributed by atoms with Gasteiger partial charge in [-0.3, -0.25) is 0 Å². The van der Waals surface area contributed by atoms with Crippen LogP contribution in [0.2, 0.25) is 0 Å². The highest BCUT2D eigenvalue weighted by atomic mass is 31.2. The molecule has 0 aliphatic rings. The van der Waals surface area contributed by atoms with Gasteiger partial charge >= 0.3 is 7.57 Å². The predicted octanol–water partition coefficient (Wildman–Crippen LogP) is 3.46. The fourth-order valence-corrected chi connectivity index (χ4v) is 3.82. The van der Waals surface area contributed by atoms with Crippen molar-refractivity contribution >= 4 is 15.2 Å². The highest BCUT2D eigenvalue weighted by Gasteiger charge is 2.47. The Bertz CT molecular complexity index is 347. The first kappa shape index (κ1) is 15.7. The van der Waals surface area contributed by atoms with Crippen LogP contribution in [0.4, 0.5) is 0 Å². The molecule has 1 rings (SSSR count). The molecule has 0 aliphatic carbocycles. The second-order valence-corrected chi connectivity index (χ2v) is 6.94. The van der Waals surface area contributed by atoms with E-state index in [2.05, 4.69) is 0 Å². The van der Waals surface area contributed by atoms with Crippen LogP contribution >= 0.6 is 7.59 Å². The van der Waals surface area contributed by atoms with Gasteiger partial charge in [-0.15, -0.1) is 0 Å². The fourth-order valence-electron chi connectivity index (χ4n) is 1.63. The van der Waals surface area contributed by atoms with Crippen LogP contribution in [0.3, 0.4) is 0 Å². The van der Waals surface area contributed by atoms with Crippen LogP contribution < -0.4 is 0 Å². The van der Waals surface area contributed by atoms with Crippen molar-refractivity contribution in [1.82, 2.24) is 0 Å². The fraction of sp³-hybridized carbons (Fsp3) is 0.538. The molecule has 0 aromatic heterocycles. The molecule has 18 heavy (non-hydrogen) atoms. The Hall–Kier alpha value is -0.405. The first-order valence-electron chi connectivity index (χ1n) is 6.12. The SMILES string of the molecule is [B][P+](OC(C)C)(OC(C)C)C(O)c1ccccc1. The second-order valence-electron chi connectivity index (χ2n) is 4.74. The number of benzene rings is 1. The van der Waals surface area contributed by atoms with Crippen LogP contribution in [-0.2, 0) is 9.05 Å². The molecule has 0 saturated carbocycles. The van der Waals surface area contributed by atoms with E-state index in [-0.39, 0.29) is 12.2 Å². The van der Waals surface area contributed by atoms with E-state index in [1.54, 1.807) is 0 Å². The Morgan fingerprint density at radius 2 is 1.44 bits per heavy atom. The molecule has 1 unspecified atom stereocenters. The quantitative estimate of drug-likeness (QED) is 0.633. The summed E-state index contributed by atoms with van der Waals surface area (Å²) < 4.78 is 11.4. The van der Waals surface area contributed by atoms with E-state index >= 15 is 0 Å². The van der Waals surface area contributed by atoms with Crippen LogP contribution in [0, 0.1) is 0 Å². The van der Waals surface area contributed by atoms with E-state index in [4.69, 9.17) is 16.6 Å². The lowest BCUT2D eigenvalue weighted by molar-refractivity contribution is 0.129. The molecule has 0 spiro atoms. The van der Waals surface area contributed by atoms with Gasteiger partial charge in [0.05, 0.1) is 12.2 Å². The summed E-state index contributed by atoms with van der Waals surface area (Å²) in [7, 11) is 3.35. The van der Waals surface area contributed by atoms with Gasteiger partial charge in [0, 0.05) is 5.56 Å². The van der Waals surface area contributed by atoms with Crippen LogP contribution in [0.15, 0.2) is 30.3 Å². The van der Waals surface area contributed by atoms with E-state index in [9.17, 15) is 5.11 Å².